The van der Waals surface area contributed by atoms with Crippen LogP contribution in [0.15, 0.2) is 48.8 Å². The van der Waals surface area contributed by atoms with Gasteiger partial charge in [0.25, 0.3) is 0 Å². The Bertz CT molecular complexity index is 762. The third-order valence-electron chi connectivity index (χ3n) is 5.78. The molecule has 0 spiro atoms. The minimum absolute atomic E-state index is 0.0806. The van der Waals surface area contributed by atoms with E-state index in [1.807, 2.05) is 12.1 Å². The number of hydrogen-bond acceptors (Lipinski definition) is 5. The van der Waals surface area contributed by atoms with Crippen molar-refractivity contribution >= 4 is 5.78 Å². The second-order valence-corrected chi connectivity index (χ2v) is 7.85. The number of hydrogen-bond donors (Lipinski definition) is 2. The van der Waals surface area contributed by atoms with Crippen LogP contribution in [-0.2, 0) is 6.42 Å². The number of phenols is 1. The lowest BCUT2D eigenvalue weighted by atomic mass is 9.92. The highest BCUT2D eigenvalue weighted by atomic mass is 16.3. The Morgan fingerprint density at radius 2 is 1.69 bits per heavy atom. The van der Waals surface area contributed by atoms with Gasteiger partial charge >= 0.3 is 0 Å². The molecule has 2 atom stereocenters. The predicted octanol–water partition coefficient (Wildman–Crippen LogP) is 2.29. The summed E-state index contributed by atoms with van der Waals surface area (Å²) in [6, 6.07) is 10.4. The van der Waals surface area contributed by atoms with Crippen molar-refractivity contribution in [3.8, 4) is 5.75 Å². The lowest BCUT2D eigenvalue weighted by Gasteiger charge is -2.26. The summed E-state index contributed by atoms with van der Waals surface area (Å²) in [6.45, 7) is 2.14. The topological polar surface area (TPSA) is 73.7 Å². The molecular formula is C21H24N2O3. The van der Waals surface area contributed by atoms with E-state index in [0.29, 0.717) is 30.4 Å². The van der Waals surface area contributed by atoms with Gasteiger partial charge in [-0.1, -0.05) is 0 Å². The maximum atomic E-state index is 12.4. The molecule has 0 amide bonds. The Morgan fingerprint density at radius 1 is 1.08 bits per heavy atom. The zero-order valence-electron chi connectivity index (χ0n) is 14.7. The second kappa shape index (κ2) is 6.82. The number of aromatic hydroxyl groups is 1. The number of phenolic OH excluding ortho intramolecular Hbond substituents is 1. The van der Waals surface area contributed by atoms with Gasteiger partial charge in [0.05, 0.1) is 12.1 Å². The third kappa shape index (κ3) is 3.64. The number of benzene rings is 1. The number of nitrogens with zero attached hydrogens (tertiary/aromatic N) is 2. The van der Waals surface area contributed by atoms with E-state index < -0.39 is 5.60 Å². The molecule has 2 N–H and O–H groups in total. The molecule has 5 heteroatoms. The highest BCUT2D eigenvalue weighted by Crippen LogP contribution is 2.45. The second-order valence-electron chi connectivity index (χ2n) is 7.85. The first-order valence-corrected chi connectivity index (χ1v) is 9.17. The average Bonchev–Trinajstić information content (AvgIpc) is 3.10. The Hall–Kier alpha value is -2.24. The number of aliphatic hydroxyl groups is 1. The van der Waals surface area contributed by atoms with E-state index in [9.17, 15) is 15.0 Å². The molecule has 2 fully saturated rings. The number of carbonyl (C=O) groups excluding carboxylic acids is 1. The smallest absolute Gasteiger partial charge is 0.176 e. The monoisotopic (exact) mass is 352 g/mol. The zero-order chi connectivity index (χ0) is 18.1. The summed E-state index contributed by atoms with van der Waals surface area (Å²) in [5.41, 5.74) is 1.12. The highest BCUT2D eigenvalue weighted by molar-refractivity contribution is 5.97. The van der Waals surface area contributed by atoms with Crippen molar-refractivity contribution in [2.45, 2.75) is 24.9 Å². The quantitative estimate of drug-likeness (QED) is 0.808. The molecule has 1 saturated heterocycles. The molecule has 1 aliphatic heterocycles. The fourth-order valence-electron chi connectivity index (χ4n) is 4.65. The van der Waals surface area contributed by atoms with Gasteiger partial charge in [0.15, 0.2) is 5.78 Å². The van der Waals surface area contributed by atoms with E-state index in [-0.39, 0.29) is 11.5 Å². The predicted molar refractivity (Wildman–Crippen MR) is 98.0 cm³/mol. The number of rotatable bonds is 5. The van der Waals surface area contributed by atoms with Crippen molar-refractivity contribution in [1.82, 2.24) is 9.88 Å². The first-order chi connectivity index (χ1) is 12.5. The van der Waals surface area contributed by atoms with E-state index >= 15 is 0 Å². The minimum Gasteiger partial charge on any atom is -0.508 e. The van der Waals surface area contributed by atoms with E-state index in [2.05, 4.69) is 9.88 Å². The van der Waals surface area contributed by atoms with Crippen molar-refractivity contribution in [1.29, 1.82) is 0 Å². The van der Waals surface area contributed by atoms with Gasteiger partial charge in [-0.05, 0) is 66.6 Å². The van der Waals surface area contributed by atoms with Gasteiger partial charge in [-0.15, -0.1) is 0 Å². The van der Waals surface area contributed by atoms with Crippen LogP contribution in [-0.4, -0.2) is 51.1 Å². The van der Waals surface area contributed by atoms with Gasteiger partial charge in [0.1, 0.15) is 5.75 Å². The van der Waals surface area contributed by atoms with Crippen LogP contribution in [0.2, 0.25) is 0 Å². The van der Waals surface area contributed by atoms with E-state index in [4.69, 9.17) is 0 Å². The van der Waals surface area contributed by atoms with Crippen LogP contribution < -0.4 is 0 Å². The van der Waals surface area contributed by atoms with Gasteiger partial charge in [-0.3, -0.25) is 14.7 Å². The molecule has 136 valence electrons. The first-order valence-electron chi connectivity index (χ1n) is 9.17. The molecule has 0 bridgehead atoms. The average molecular weight is 352 g/mol. The fourth-order valence-corrected chi connectivity index (χ4v) is 4.65. The number of carbonyl (C=O) groups is 1. The highest BCUT2D eigenvalue weighted by Gasteiger charge is 2.48. The van der Waals surface area contributed by atoms with Crippen molar-refractivity contribution < 1.29 is 15.0 Å². The molecule has 4 rings (SSSR count). The van der Waals surface area contributed by atoms with Crippen LogP contribution >= 0.6 is 0 Å². The number of likely N-dealkylation sites (tertiary alicyclic amines) is 1. The molecule has 2 heterocycles. The van der Waals surface area contributed by atoms with Crippen LogP contribution in [0.5, 0.6) is 5.75 Å². The Labute approximate surface area is 153 Å². The van der Waals surface area contributed by atoms with Gasteiger partial charge in [-0.2, -0.15) is 0 Å². The molecule has 1 aromatic heterocycles. The molecule has 0 radical (unpaired) electrons. The maximum Gasteiger partial charge on any atom is 0.176 e. The first kappa shape index (κ1) is 17.2. The van der Waals surface area contributed by atoms with Crippen LogP contribution in [0.4, 0.5) is 0 Å². The fraction of sp³-hybridized carbons (Fsp3) is 0.429. The Kier molecular flexibility index (Phi) is 4.51. The van der Waals surface area contributed by atoms with Crippen molar-refractivity contribution in [3.63, 3.8) is 0 Å². The summed E-state index contributed by atoms with van der Waals surface area (Å²) in [6.07, 6.45) is 5.80. The number of Topliss-reactive ketones (excluding diaryl/α,β-unsaturated/α-hetero) is 1. The molecule has 2 aliphatic rings. The molecule has 1 aromatic carbocycles. The number of pyridine rings is 1. The number of ketones is 1. The normalized spacial score (nSPS) is 28.2. The molecule has 2 aromatic rings. The van der Waals surface area contributed by atoms with Gasteiger partial charge in [0, 0.05) is 37.5 Å². The van der Waals surface area contributed by atoms with Gasteiger partial charge < -0.3 is 10.2 Å². The van der Waals surface area contributed by atoms with E-state index in [1.165, 1.54) is 0 Å². The minimum atomic E-state index is -0.635. The molecule has 26 heavy (non-hydrogen) atoms. The largest absolute Gasteiger partial charge is 0.508 e. The van der Waals surface area contributed by atoms with Crippen molar-refractivity contribution in [2.24, 2.45) is 11.8 Å². The lowest BCUT2D eigenvalue weighted by Crippen LogP contribution is -2.34. The van der Waals surface area contributed by atoms with Crippen LogP contribution in [0.3, 0.4) is 0 Å². The molecule has 1 saturated carbocycles. The zero-order valence-corrected chi connectivity index (χ0v) is 14.7. The SMILES string of the molecule is O=C(CN1CC2CC(O)(Cc3ccncc3)CC2C1)c1ccc(O)cc1. The third-order valence-corrected chi connectivity index (χ3v) is 5.78. The van der Waals surface area contributed by atoms with Gasteiger partial charge in [0.2, 0.25) is 0 Å². The van der Waals surface area contributed by atoms with Crippen LogP contribution in [0, 0.1) is 11.8 Å². The summed E-state index contributed by atoms with van der Waals surface area (Å²) < 4.78 is 0. The van der Waals surface area contributed by atoms with Crippen molar-refractivity contribution in [2.75, 3.05) is 19.6 Å². The van der Waals surface area contributed by atoms with E-state index in [1.54, 1.807) is 36.7 Å². The summed E-state index contributed by atoms with van der Waals surface area (Å²) >= 11 is 0. The maximum absolute atomic E-state index is 12.4. The van der Waals surface area contributed by atoms with Crippen LogP contribution in [0.1, 0.15) is 28.8 Å². The molecular weight excluding hydrogens is 328 g/mol. The summed E-state index contributed by atoms with van der Waals surface area (Å²) in [5.74, 6) is 1.16. The Morgan fingerprint density at radius 3 is 2.31 bits per heavy atom. The number of fused-ring (bicyclic) bond motifs is 1. The molecule has 1 aliphatic carbocycles. The standard InChI is InChI=1S/C21H24N2O3/c24-19-3-1-16(2-4-19)20(25)14-23-12-17-10-21(26,11-18(17)13-23)9-15-5-7-22-8-6-15/h1-8,17-18,24,26H,9-14H2. The summed E-state index contributed by atoms with van der Waals surface area (Å²) in [7, 11) is 0. The van der Waals surface area contributed by atoms with Crippen LogP contribution in [0.25, 0.3) is 0 Å². The summed E-state index contributed by atoms with van der Waals surface area (Å²) in [4.78, 5) is 18.7. The molecule has 5 nitrogen and oxygen atoms in total. The Balaban J connectivity index is 1.33. The van der Waals surface area contributed by atoms with Gasteiger partial charge in [-0.25, -0.2) is 0 Å². The lowest BCUT2D eigenvalue weighted by molar-refractivity contribution is 0.0355. The summed E-state index contributed by atoms with van der Waals surface area (Å²) in [5, 5.41) is 20.3. The van der Waals surface area contributed by atoms with E-state index in [0.717, 1.165) is 31.5 Å². The number of aromatic nitrogens is 1. The van der Waals surface area contributed by atoms with Crippen molar-refractivity contribution in [3.05, 3.63) is 59.9 Å². The molecule has 2 unspecified atom stereocenters.